The molecule has 0 bridgehead atoms. The number of phenols is 1. The molecule has 0 fully saturated rings. The van der Waals surface area contributed by atoms with Crippen molar-refractivity contribution in [2.24, 2.45) is 11.8 Å². The Bertz CT molecular complexity index is 540. The van der Waals surface area contributed by atoms with Crippen LogP contribution in [0.4, 0.5) is 0 Å². The summed E-state index contributed by atoms with van der Waals surface area (Å²) in [5.41, 5.74) is 2.73. The van der Waals surface area contributed by atoms with E-state index in [1.165, 1.54) is 11.1 Å². The monoisotopic (exact) mass is 319 g/mol. The molecule has 1 aromatic carbocycles. The van der Waals surface area contributed by atoms with Gasteiger partial charge in [-0.05, 0) is 73.6 Å². The third-order valence-corrected chi connectivity index (χ3v) is 4.60. The van der Waals surface area contributed by atoms with E-state index >= 15 is 0 Å². The summed E-state index contributed by atoms with van der Waals surface area (Å²) in [7, 11) is 0. The predicted molar refractivity (Wildman–Crippen MR) is 91.7 cm³/mol. The second-order valence-corrected chi connectivity index (χ2v) is 7.06. The highest BCUT2D eigenvalue weighted by atomic mass is 16.3. The van der Waals surface area contributed by atoms with Crippen molar-refractivity contribution in [1.82, 2.24) is 5.32 Å². The van der Waals surface area contributed by atoms with Crippen molar-refractivity contribution in [1.29, 1.82) is 0 Å². The molecular formula is C19H29NO3. The number of carbonyl (C=O) groups is 1. The quantitative estimate of drug-likeness (QED) is 0.723. The summed E-state index contributed by atoms with van der Waals surface area (Å²) in [4.78, 5) is 12.4. The van der Waals surface area contributed by atoms with Gasteiger partial charge in [-0.2, -0.15) is 0 Å². The van der Waals surface area contributed by atoms with E-state index in [-0.39, 0.29) is 24.2 Å². The van der Waals surface area contributed by atoms with Crippen LogP contribution in [0.5, 0.6) is 5.75 Å². The topological polar surface area (TPSA) is 69.6 Å². The number of hydrogen-bond donors (Lipinski definition) is 3. The molecule has 1 aromatic rings. The van der Waals surface area contributed by atoms with Crippen LogP contribution in [-0.4, -0.2) is 29.3 Å². The lowest BCUT2D eigenvalue weighted by Gasteiger charge is -2.20. The molecule has 128 valence electrons. The fourth-order valence-corrected chi connectivity index (χ4v) is 3.44. The summed E-state index contributed by atoms with van der Waals surface area (Å²) in [5.74, 6) is 0.651. The van der Waals surface area contributed by atoms with E-state index in [2.05, 4.69) is 19.2 Å². The fourth-order valence-electron chi connectivity index (χ4n) is 3.44. The van der Waals surface area contributed by atoms with Gasteiger partial charge in [0.05, 0.1) is 5.56 Å². The van der Waals surface area contributed by atoms with Gasteiger partial charge in [0.2, 0.25) is 0 Å². The number of rotatable bonds is 7. The van der Waals surface area contributed by atoms with Crippen LogP contribution in [-0.2, 0) is 12.8 Å². The number of amides is 1. The minimum Gasteiger partial charge on any atom is -0.507 e. The number of aryl methyl sites for hydroxylation is 2. The maximum Gasteiger partial charge on any atom is 0.255 e. The van der Waals surface area contributed by atoms with Gasteiger partial charge < -0.3 is 15.5 Å². The first-order valence-corrected chi connectivity index (χ1v) is 8.75. The van der Waals surface area contributed by atoms with Crippen LogP contribution in [0.3, 0.4) is 0 Å². The van der Waals surface area contributed by atoms with E-state index in [4.69, 9.17) is 5.11 Å². The first-order valence-electron chi connectivity index (χ1n) is 8.75. The number of nitrogens with one attached hydrogen (secondary N) is 1. The van der Waals surface area contributed by atoms with Gasteiger partial charge in [0, 0.05) is 13.2 Å². The molecule has 1 unspecified atom stereocenters. The molecule has 1 aliphatic rings. The third-order valence-electron chi connectivity index (χ3n) is 4.60. The lowest BCUT2D eigenvalue weighted by molar-refractivity contribution is 0.0938. The molecule has 0 aliphatic heterocycles. The Labute approximate surface area is 138 Å². The minimum atomic E-state index is -0.220. The zero-order chi connectivity index (χ0) is 16.8. The van der Waals surface area contributed by atoms with E-state index in [9.17, 15) is 9.90 Å². The van der Waals surface area contributed by atoms with Crippen molar-refractivity contribution in [3.05, 3.63) is 28.8 Å². The molecule has 0 spiro atoms. The number of phenolic OH excluding ortho intramolecular Hbond substituents is 1. The molecule has 3 N–H and O–H groups in total. The predicted octanol–water partition coefficient (Wildman–Crippen LogP) is 3.05. The van der Waals surface area contributed by atoms with E-state index < -0.39 is 0 Å². The highest BCUT2D eigenvalue weighted by Gasteiger charge is 2.18. The number of aromatic hydroxyl groups is 1. The number of carbonyl (C=O) groups excluding carboxylic acids is 1. The summed E-state index contributed by atoms with van der Waals surface area (Å²) in [6, 6.07) is 3.60. The normalized spacial score (nSPS) is 15.3. The van der Waals surface area contributed by atoms with Crippen molar-refractivity contribution < 1.29 is 15.0 Å². The summed E-state index contributed by atoms with van der Waals surface area (Å²) < 4.78 is 0. The van der Waals surface area contributed by atoms with Gasteiger partial charge in [0.25, 0.3) is 5.91 Å². The van der Waals surface area contributed by atoms with Crippen molar-refractivity contribution in [3.8, 4) is 5.75 Å². The average Bonchev–Trinajstić information content (AvgIpc) is 2.51. The van der Waals surface area contributed by atoms with Gasteiger partial charge in [-0.1, -0.05) is 13.8 Å². The van der Waals surface area contributed by atoms with E-state index in [1.54, 1.807) is 6.07 Å². The van der Waals surface area contributed by atoms with Crippen LogP contribution < -0.4 is 5.32 Å². The van der Waals surface area contributed by atoms with Gasteiger partial charge in [-0.3, -0.25) is 4.79 Å². The number of hydrogen-bond acceptors (Lipinski definition) is 3. The van der Waals surface area contributed by atoms with Crippen molar-refractivity contribution >= 4 is 5.91 Å². The van der Waals surface area contributed by atoms with E-state index in [0.29, 0.717) is 24.4 Å². The van der Waals surface area contributed by atoms with Gasteiger partial charge in [0.15, 0.2) is 0 Å². The highest BCUT2D eigenvalue weighted by molar-refractivity contribution is 5.97. The zero-order valence-electron chi connectivity index (χ0n) is 14.3. The van der Waals surface area contributed by atoms with Crippen LogP contribution in [0.2, 0.25) is 0 Å². The molecule has 23 heavy (non-hydrogen) atoms. The molecular weight excluding hydrogens is 290 g/mol. The van der Waals surface area contributed by atoms with Crippen LogP contribution in [0.1, 0.15) is 61.0 Å². The Morgan fingerprint density at radius 3 is 2.48 bits per heavy atom. The third kappa shape index (κ3) is 4.96. The second kappa shape index (κ2) is 8.34. The summed E-state index contributed by atoms with van der Waals surface area (Å²) >= 11 is 0. The molecule has 0 radical (unpaired) electrons. The lowest BCUT2D eigenvalue weighted by atomic mass is 9.89. The summed E-state index contributed by atoms with van der Waals surface area (Å²) in [6.45, 7) is 4.95. The second-order valence-electron chi connectivity index (χ2n) is 7.06. The standard InChI is InChI=1S/C19H29NO3/c1-13(2)9-14(7-8-21)12-20-19(23)17-10-15-5-3-4-6-16(15)11-18(17)22/h10-11,13-14,21-22H,3-9,12H2,1-2H3,(H,20,23). The highest BCUT2D eigenvalue weighted by Crippen LogP contribution is 2.28. The van der Waals surface area contributed by atoms with Crippen molar-refractivity contribution in [2.75, 3.05) is 13.2 Å². The smallest absolute Gasteiger partial charge is 0.255 e. The van der Waals surface area contributed by atoms with E-state index in [1.807, 2.05) is 6.07 Å². The first-order chi connectivity index (χ1) is 11.0. The minimum absolute atomic E-state index is 0.0747. The number of aliphatic hydroxyl groups excluding tert-OH is 1. The average molecular weight is 319 g/mol. The molecule has 1 atom stereocenters. The maximum absolute atomic E-state index is 12.4. The molecule has 0 saturated heterocycles. The van der Waals surface area contributed by atoms with Gasteiger partial charge >= 0.3 is 0 Å². The number of benzene rings is 1. The van der Waals surface area contributed by atoms with Crippen LogP contribution >= 0.6 is 0 Å². The largest absolute Gasteiger partial charge is 0.507 e. The van der Waals surface area contributed by atoms with Gasteiger partial charge in [0.1, 0.15) is 5.75 Å². The Morgan fingerprint density at radius 1 is 1.22 bits per heavy atom. The molecule has 0 aromatic heterocycles. The SMILES string of the molecule is CC(C)CC(CCO)CNC(=O)c1cc2c(cc1O)CCCC2. The molecule has 1 amide bonds. The Kier molecular flexibility index (Phi) is 6.46. The maximum atomic E-state index is 12.4. The zero-order valence-corrected chi connectivity index (χ0v) is 14.3. The molecule has 4 heteroatoms. The fraction of sp³-hybridized carbons (Fsp3) is 0.632. The van der Waals surface area contributed by atoms with Gasteiger partial charge in [-0.25, -0.2) is 0 Å². The van der Waals surface area contributed by atoms with E-state index in [0.717, 1.165) is 32.1 Å². The molecule has 4 nitrogen and oxygen atoms in total. The van der Waals surface area contributed by atoms with Gasteiger partial charge in [-0.15, -0.1) is 0 Å². The number of fused-ring (bicyclic) bond motifs is 1. The van der Waals surface area contributed by atoms with Crippen LogP contribution in [0.25, 0.3) is 0 Å². The molecule has 0 saturated carbocycles. The molecule has 2 rings (SSSR count). The Morgan fingerprint density at radius 2 is 1.87 bits per heavy atom. The molecule has 1 aliphatic carbocycles. The van der Waals surface area contributed by atoms with Crippen LogP contribution in [0, 0.1) is 11.8 Å². The first kappa shape index (κ1) is 17.8. The Hall–Kier alpha value is -1.55. The molecule has 0 heterocycles. The van der Waals surface area contributed by atoms with Crippen molar-refractivity contribution in [3.63, 3.8) is 0 Å². The van der Waals surface area contributed by atoms with Crippen molar-refractivity contribution in [2.45, 2.75) is 52.4 Å². The summed E-state index contributed by atoms with van der Waals surface area (Å²) in [6.07, 6.45) is 5.92. The lowest BCUT2D eigenvalue weighted by Crippen LogP contribution is -2.30. The van der Waals surface area contributed by atoms with Crippen LogP contribution in [0.15, 0.2) is 12.1 Å². The number of aliphatic hydroxyl groups is 1. The summed E-state index contributed by atoms with van der Waals surface area (Å²) in [5, 5.41) is 22.2. The Balaban J connectivity index is 2.02.